The molecule has 0 radical (unpaired) electrons. The second-order valence-electron chi connectivity index (χ2n) is 4.79. The summed E-state index contributed by atoms with van der Waals surface area (Å²) in [5, 5.41) is 5.66. The van der Waals surface area contributed by atoms with Crippen molar-refractivity contribution in [3.8, 4) is 0 Å². The van der Waals surface area contributed by atoms with Crippen LogP contribution in [0.4, 0.5) is 0 Å². The lowest BCUT2D eigenvalue weighted by molar-refractivity contribution is 0.109. The molecule has 1 aromatic rings. The van der Waals surface area contributed by atoms with E-state index in [-0.39, 0.29) is 0 Å². The van der Waals surface area contributed by atoms with E-state index in [0.717, 1.165) is 39.3 Å². The molecule has 1 unspecified atom stereocenters. The second-order valence-corrected chi connectivity index (χ2v) is 5.82. The topological polar surface area (TPSA) is 24.5 Å². The Morgan fingerprint density at radius 2 is 2.50 bits per heavy atom. The summed E-state index contributed by atoms with van der Waals surface area (Å²) in [6, 6.07) is 4.34. The summed E-state index contributed by atoms with van der Waals surface area (Å²) in [6.07, 6.45) is 2.91. The fourth-order valence-corrected chi connectivity index (χ4v) is 3.02. The van der Waals surface area contributed by atoms with Gasteiger partial charge in [0.15, 0.2) is 0 Å². The molecular formula is C14H24N2OS. The lowest BCUT2D eigenvalue weighted by atomic mass is 10.2. The van der Waals surface area contributed by atoms with E-state index in [1.807, 2.05) is 11.3 Å². The van der Waals surface area contributed by atoms with Crippen molar-refractivity contribution in [2.45, 2.75) is 32.4 Å². The van der Waals surface area contributed by atoms with Crippen LogP contribution in [0, 0.1) is 0 Å². The molecular weight excluding hydrogens is 244 g/mol. The van der Waals surface area contributed by atoms with Gasteiger partial charge in [-0.25, -0.2) is 0 Å². The van der Waals surface area contributed by atoms with E-state index in [2.05, 4.69) is 34.7 Å². The summed E-state index contributed by atoms with van der Waals surface area (Å²) in [5.41, 5.74) is 0. The lowest BCUT2D eigenvalue weighted by Crippen LogP contribution is -2.34. The maximum atomic E-state index is 5.60. The van der Waals surface area contributed by atoms with E-state index >= 15 is 0 Å². The lowest BCUT2D eigenvalue weighted by Gasteiger charge is -2.20. The first-order chi connectivity index (χ1) is 8.88. The maximum absolute atomic E-state index is 5.60. The molecule has 1 N–H and O–H groups in total. The van der Waals surface area contributed by atoms with Crippen molar-refractivity contribution in [1.82, 2.24) is 10.2 Å². The van der Waals surface area contributed by atoms with Crippen LogP contribution in [0.2, 0.25) is 0 Å². The van der Waals surface area contributed by atoms with Gasteiger partial charge in [-0.15, -0.1) is 11.3 Å². The summed E-state index contributed by atoms with van der Waals surface area (Å²) < 4.78 is 5.60. The first kappa shape index (κ1) is 14.0. The normalized spacial score (nSPS) is 19.8. The molecule has 1 aromatic heterocycles. The summed E-state index contributed by atoms with van der Waals surface area (Å²) in [6.45, 7) is 8.55. The third-order valence-corrected chi connectivity index (χ3v) is 4.27. The average Bonchev–Trinajstić information content (AvgIpc) is 3.06. The Morgan fingerprint density at radius 1 is 1.56 bits per heavy atom. The minimum absolute atomic E-state index is 0.456. The zero-order valence-corrected chi connectivity index (χ0v) is 12.0. The highest BCUT2D eigenvalue weighted by atomic mass is 32.1. The van der Waals surface area contributed by atoms with Crippen molar-refractivity contribution in [1.29, 1.82) is 0 Å². The Labute approximate surface area is 114 Å². The molecule has 102 valence electrons. The van der Waals surface area contributed by atoms with Gasteiger partial charge in [0.1, 0.15) is 0 Å². The van der Waals surface area contributed by atoms with Crippen molar-refractivity contribution < 1.29 is 4.74 Å². The fourth-order valence-electron chi connectivity index (χ4n) is 2.28. The third kappa shape index (κ3) is 4.69. The van der Waals surface area contributed by atoms with Crippen molar-refractivity contribution in [2.24, 2.45) is 0 Å². The van der Waals surface area contributed by atoms with Crippen LogP contribution in [0.25, 0.3) is 0 Å². The van der Waals surface area contributed by atoms with Gasteiger partial charge in [0, 0.05) is 37.7 Å². The van der Waals surface area contributed by atoms with Gasteiger partial charge in [-0.05, 0) is 30.8 Å². The molecule has 0 aromatic carbocycles. The van der Waals surface area contributed by atoms with Gasteiger partial charge in [-0.2, -0.15) is 0 Å². The number of likely N-dealkylation sites (N-methyl/N-ethyl adjacent to an activating group) is 1. The first-order valence-corrected chi connectivity index (χ1v) is 7.83. The van der Waals surface area contributed by atoms with Crippen LogP contribution >= 0.6 is 11.3 Å². The molecule has 0 amide bonds. The van der Waals surface area contributed by atoms with Gasteiger partial charge in [0.2, 0.25) is 0 Å². The third-order valence-electron chi connectivity index (χ3n) is 3.41. The molecule has 18 heavy (non-hydrogen) atoms. The number of hydrogen-bond acceptors (Lipinski definition) is 4. The predicted molar refractivity (Wildman–Crippen MR) is 77.1 cm³/mol. The van der Waals surface area contributed by atoms with E-state index in [0.29, 0.717) is 6.10 Å². The summed E-state index contributed by atoms with van der Waals surface area (Å²) >= 11 is 1.84. The molecule has 1 aliphatic rings. The summed E-state index contributed by atoms with van der Waals surface area (Å²) in [5.74, 6) is 0. The summed E-state index contributed by atoms with van der Waals surface area (Å²) in [4.78, 5) is 3.94. The molecule has 0 saturated carbocycles. The number of nitrogens with one attached hydrogen (secondary N) is 1. The molecule has 0 spiro atoms. The Kier molecular flexibility index (Phi) is 6.14. The van der Waals surface area contributed by atoms with Crippen LogP contribution in [0.1, 0.15) is 24.6 Å². The number of hydrogen-bond donors (Lipinski definition) is 1. The molecule has 0 bridgehead atoms. The summed E-state index contributed by atoms with van der Waals surface area (Å²) in [7, 11) is 0. The zero-order chi connectivity index (χ0) is 12.6. The molecule has 2 rings (SSSR count). The highest BCUT2D eigenvalue weighted by Crippen LogP contribution is 2.12. The number of nitrogens with zero attached hydrogens (tertiary/aromatic N) is 1. The van der Waals surface area contributed by atoms with E-state index in [1.165, 1.54) is 17.7 Å². The SMILES string of the molecule is CCN(CCNCC1CCCO1)Cc1cccs1. The van der Waals surface area contributed by atoms with Crippen LogP contribution in [-0.4, -0.2) is 43.8 Å². The molecule has 4 heteroatoms. The quantitative estimate of drug-likeness (QED) is 0.732. The molecule has 2 heterocycles. The molecule has 1 atom stereocenters. The Hall–Kier alpha value is -0.420. The van der Waals surface area contributed by atoms with Crippen LogP contribution in [0.5, 0.6) is 0 Å². The van der Waals surface area contributed by atoms with Crippen molar-refractivity contribution in [2.75, 3.05) is 32.8 Å². The van der Waals surface area contributed by atoms with Crippen LogP contribution in [0.15, 0.2) is 17.5 Å². The smallest absolute Gasteiger partial charge is 0.0700 e. The molecule has 1 saturated heterocycles. The Bertz CT molecular complexity index is 310. The van der Waals surface area contributed by atoms with Crippen LogP contribution in [0.3, 0.4) is 0 Å². The highest BCUT2D eigenvalue weighted by Gasteiger charge is 2.14. The van der Waals surface area contributed by atoms with Crippen molar-refractivity contribution in [3.05, 3.63) is 22.4 Å². The van der Waals surface area contributed by atoms with Gasteiger partial charge in [0.05, 0.1) is 6.10 Å². The van der Waals surface area contributed by atoms with Gasteiger partial charge >= 0.3 is 0 Å². The average molecular weight is 268 g/mol. The Balaban J connectivity index is 1.58. The minimum Gasteiger partial charge on any atom is -0.377 e. The van der Waals surface area contributed by atoms with Gasteiger partial charge in [-0.1, -0.05) is 13.0 Å². The van der Waals surface area contributed by atoms with Crippen molar-refractivity contribution in [3.63, 3.8) is 0 Å². The number of rotatable bonds is 8. The standard InChI is InChI=1S/C14H24N2OS/c1-2-16(12-14-6-4-10-18-14)8-7-15-11-13-5-3-9-17-13/h4,6,10,13,15H,2-3,5,7-9,11-12H2,1H3. The molecule has 1 aliphatic heterocycles. The molecule has 3 nitrogen and oxygen atoms in total. The highest BCUT2D eigenvalue weighted by molar-refractivity contribution is 7.09. The monoisotopic (exact) mass is 268 g/mol. The number of thiophene rings is 1. The van der Waals surface area contributed by atoms with Crippen LogP contribution < -0.4 is 5.32 Å². The van der Waals surface area contributed by atoms with E-state index in [4.69, 9.17) is 4.74 Å². The second kappa shape index (κ2) is 7.89. The number of ether oxygens (including phenoxy) is 1. The van der Waals surface area contributed by atoms with E-state index in [9.17, 15) is 0 Å². The zero-order valence-electron chi connectivity index (χ0n) is 11.2. The molecule has 0 aliphatic carbocycles. The fraction of sp³-hybridized carbons (Fsp3) is 0.714. The largest absolute Gasteiger partial charge is 0.377 e. The first-order valence-electron chi connectivity index (χ1n) is 6.95. The van der Waals surface area contributed by atoms with E-state index in [1.54, 1.807) is 0 Å². The molecule has 1 fully saturated rings. The van der Waals surface area contributed by atoms with E-state index < -0.39 is 0 Å². The van der Waals surface area contributed by atoms with Crippen molar-refractivity contribution >= 4 is 11.3 Å². The van der Waals surface area contributed by atoms with Crippen LogP contribution in [-0.2, 0) is 11.3 Å². The predicted octanol–water partition coefficient (Wildman–Crippen LogP) is 2.34. The van der Waals surface area contributed by atoms with Gasteiger partial charge in [-0.3, -0.25) is 4.90 Å². The van der Waals surface area contributed by atoms with Gasteiger partial charge < -0.3 is 10.1 Å². The van der Waals surface area contributed by atoms with Gasteiger partial charge in [0.25, 0.3) is 0 Å². The maximum Gasteiger partial charge on any atom is 0.0700 e. The Morgan fingerprint density at radius 3 is 3.17 bits per heavy atom. The minimum atomic E-state index is 0.456.